The van der Waals surface area contributed by atoms with Gasteiger partial charge in [0, 0.05) is 38.6 Å². The molecule has 0 unspecified atom stereocenters. The van der Waals surface area contributed by atoms with Crippen molar-refractivity contribution in [2.24, 2.45) is 0 Å². The van der Waals surface area contributed by atoms with Crippen molar-refractivity contribution in [1.29, 1.82) is 0 Å². The van der Waals surface area contributed by atoms with Gasteiger partial charge in [-0.15, -0.1) is 0 Å². The smallest absolute Gasteiger partial charge is 0.143 e. The lowest BCUT2D eigenvalue weighted by Crippen LogP contribution is -2.16. The van der Waals surface area contributed by atoms with Crippen molar-refractivity contribution in [1.82, 2.24) is 0 Å². The third kappa shape index (κ3) is 6.09. The minimum absolute atomic E-state index is 0.133. The second-order valence-corrected chi connectivity index (χ2v) is 17.3. The van der Waals surface area contributed by atoms with Crippen LogP contribution in [0.15, 0.2) is 229 Å². The molecule has 0 amide bonds. The fourth-order valence-corrected chi connectivity index (χ4v) is 10.1. The Labute approximate surface area is 368 Å². The summed E-state index contributed by atoms with van der Waals surface area (Å²) in [5.41, 5.74) is 19.6. The summed E-state index contributed by atoms with van der Waals surface area (Å²) >= 11 is 0. The van der Waals surface area contributed by atoms with Gasteiger partial charge >= 0.3 is 0 Å². The summed E-state index contributed by atoms with van der Waals surface area (Å²) in [4.78, 5) is 2.42. The van der Waals surface area contributed by atoms with Crippen LogP contribution in [0.4, 0.5) is 17.1 Å². The van der Waals surface area contributed by atoms with E-state index < -0.39 is 0 Å². The molecular weight excluding hydrogens is 763 g/mol. The van der Waals surface area contributed by atoms with E-state index in [9.17, 15) is 0 Å². The largest absolute Gasteiger partial charge is 0.455 e. The van der Waals surface area contributed by atoms with Crippen molar-refractivity contribution >= 4 is 49.8 Å². The fraction of sp³-hybridized carbons (Fsp3) is 0.0492. The van der Waals surface area contributed by atoms with E-state index in [1.54, 1.807) is 0 Å². The Morgan fingerprint density at radius 2 is 0.857 bits per heavy atom. The lowest BCUT2D eigenvalue weighted by Gasteiger charge is -2.28. The van der Waals surface area contributed by atoms with Crippen molar-refractivity contribution in [2.45, 2.75) is 19.3 Å². The third-order valence-corrected chi connectivity index (χ3v) is 13.3. The molecule has 1 aliphatic carbocycles. The predicted octanol–water partition coefficient (Wildman–Crippen LogP) is 17.2. The maximum absolute atomic E-state index is 6.90. The van der Waals surface area contributed by atoms with Crippen LogP contribution in [0.2, 0.25) is 0 Å². The lowest BCUT2D eigenvalue weighted by atomic mass is 9.82. The van der Waals surface area contributed by atoms with Gasteiger partial charge in [0.05, 0.1) is 0 Å². The highest BCUT2D eigenvalue weighted by Gasteiger charge is 2.35. The van der Waals surface area contributed by atoms with E-state index >= 15 is 0 Å². The molecule has 63 heavy (non-hydrogen) atoms. The zero-order valence-corrected chi connectivity index (χ0v) is 35.2. The zero-order chi connectivity index (χ0) is 42.1. The molecule has 0 fully saturated rings. The Balaban J connectivity index is 1.06. The molecule has 1 heterocycles. The standard InChI is InChI=1S/C61H43NO/c1-61(2)57-28-15-14-26-49(57)50-34-33-47(36-58(50)61)62(45-31-29-41(30-32-45)40-17-6-3-7-18-40)46-24-16-23-44(35-46)53-37-55-56-38-52(42-19-8-4-9-20-42)48-25-12-13-27-51(48)60(56)63-59(55)39-54(53)43-21-10-5-11-22-43/h3-39H,1-2H3. The van der Waals surface area contributed by atoms with Gasteiger partial charge in [-0.05, 0) is 127 Å². The number of anilines is 3. The van der Waals surface area contributed by atoms with Gasteiger partial charge in [-0.1, -0.05) is 184 Å². The van der Waals surface area contributed by atoms with Gasteiger partial charge in [0.15, 0.2) is 0 Å². The fourth-order valence-electron chi connectivity index (χ4n) is 10.1. The molecule has 1 aromatic heterocycles. The van der Waals surface area contributed by atoms with Crippen molar-refractivity contribution in [3.05, 3.63) is 236 Å². The molecule has 11 aromatic rings. The number of furan rings is 1. The van der Waals surface area contributed by atoms with Crippen molar-refractivity contribution in [3.8, 4) is 55.6 Å². The Morgan fingerprint density at radius 3 is 1.60 bits per heavy atom. The highest BCUT2D eigenvalue weighted by Crippen LogP contribution is 2.51. The van der Waals surface area contributed by atoms with Gasteiger partial charge < -0.3 is 9.32 Å². The monoisotopic (exact) mass is 805 g/mol. The zero-order valence-electron chi connectivity index (χ0n) is 35.2. The normalized spacial score (nSPS) is 12.7. The molecular formula is C61H43NO. The molecule has 298 valence electrons. The first-order valence-electron chi connectivity index (χ1n) is 21.8. The number of fused-ring (bicyclic) bond motifs is 8. The molecule has 0 N–H and O–H groups in total. The van der Waals surface area contributed by atoms with E-state index in [1.807, 2.05) is 0 Å². The van der Waals surface area contributed by atoms with Crippen LogP contribution in [0.5, 0.6) is 0 Å². The minimum atomic E-state index is -0.133. The number of benzene rings is 10. The molecule has 0 saturated heterocycles. The van der Waals surface area contributed by atoms with E-state index in [2.05, 4.69) is 243 Å². The number of nitrogens with zero attached hydrogens (tertiary/aromatic N) is 1. The Hall–Kier alpha value is -7.94. The summed E-state index contributed by atoms with van der Waals surface area (Å²) in [5.74, 6) is 0. The Bertz CT molecular complexity index is 3510. The average Bonchev–Trinajstić information content (AvgIpc) is 3.83. The topological polar surface area (TPSA) is 16.4 Å². The molecule has 12 rings (SSSR count). The highest BCUT2D eigenvalue weighted by molar-refractivity contribution is 6.20. The number of rotatable bonds is 7. The summed E-state index contributed by atoms with van der Waals surface area (Å²) in [6.45, 7) is 4.71. The lowest BCUT2D eigenvalue weighted by molar-refractivity contribution is 0.660. The van der Waals surface area contributed by atoms with Crippen LogP contribution in [-0.4, -0.2) is 0 Å². The van der Waals surface area contributed by atoms with Crippen LogP contribution in [-0.2, 0) is 5.41 Å². The second kappa shape index (κ2) is 14.6. The molecule has 0 saturated carbocycles. The van der Waals surface area contributed by atoms with Gasteiger partial charge in [0.2, 0.25) is 0 Å². The summed E-state index contributed by atoms with van der Waals surface area (Å²) < 4.78 is 6.90. The summed E-state index contributed by atoms with van der Waals surface area (Å²) in [6, 6.07) is 81.6. The first-order valence-corrected chi connectivity index (χ1v) is 21.8. The molecule has 0 atom stereocenters. The van der Waals surface area contributed by atoms with Gasteiger partial charge in [0.1, 0.15) is 11.2 Å². The van der Waals surface area contributed by atoms with Gasteiger partial charge in [0.25, 0.3) is 0 Å². The Kier molecular flexibility index (Phi) is 8.55. The molecule has 0 bridgehead atoms. The van der Waals surface area contributed by atoms with E-state index in [0.29, 0.717) is 0 Å². The number of hydrogen-bond acceptors (Lipinski definition) is 2. The van der Waals surface area contributed by atoms with Crippen LogP contribution in [0, 0.1) is 0 Å². The van der Waals surface area contributed by atoms with E-state index in [-0.39, 0.29) is 5.41 Å². The summed E-state index contributed by atoms with van der Waals surface area (Å²) in [5, 5.41) is 4.51. The van der Waals surface area contributed by atoms with Gasteiger partial charge in [-0.3, -0.25) is 0 Å². The molecule has 0 spiro atoms. The SMILES string of the molecule is CC1(C)c2ccccc2-c2ccc(N(c3ccc(-c4ccccc4)cc3)c3cccc(-c4cc5c(cc4-c4ccccc4)oc4c6ccccc6c(-c6ccccc6)cc54)c3)cc21. The van der Waals surface area contributed by atoms with Crippen LogP contribution in [0.3, 0.4) is 0 Å². The maximum Gasteiger partial charge on any atom is 0.143 e. The predicted molar refractivity (Wildman–Crippen MR) is 265 cm³/mol. The highest BCUT2D eigenvalue weighted by atomic mass is 16.3. The Morgan fingerprint density at radius 1 is 0.317 bits per heavy atom. The van der Waals surface area contributed by atoms with Crippen LogP contribution >= 0.6 is 0 Å². The molecule has 1 aliphatic rings. The van der Waals surface area contributed by atoms with Gasteiger partial charge in [-0.2, -0.15) is 0 Å². The summed E-state index contributed by atoms with van der Waals surface area (Å²) in [6.07, 6.45) is 0. The quantitative estimate of drug-likeness (QED) is 0.160. The molecule has 0 aliphatic heterocycles. The van der Waals surface area contributed by atoms with E-state index in [4.69, 9.17) is 4.42 Å². The minimum Gasteiger partial charge on any atom is -0.455 e. The van der Waals surface area contributed by atoms with E-state index in [0.717, 1.165) is 66.6 Å². The van der Waals surface area contributed by atoms with Crippen molar-refractivity contribution < 1.29 is 4.42 Å². The van der Waals surface area contributed by atoms with Gasteiger partial charge in [-0.25, -0.2) is 0 Å². The van der Waals surface area contributed by atoms with E-state index in [1.165, 1.54) is 49.9 Å². The van der Waals surface area contributed by atoms with Crippen molar-refractivity contribution in [2.75, 3.05) is 4.90 Å². The molecule has 2 heteroatoms. The first-order chi connectivity index (χ1) is 31.0. The average molecular weight is 806 g/mol. The first kappa shape index (κ1) is 36.9. The molecule has 0 radical (unpaired) electrons. The molecule has 2 nitrogen and oxygen atoms in total. The van der Waals surface area contributed by atoms with Crippen LogP contribution in [0.1, 0.15) is 25.0 Å². The second-order valence-electron chi connectivity index (χ2n) is 17.3. The third-order valence-electron chi connectivity index (χ3n) is 13.3. The maximum atomic E-state index is 6.90. The van der Waals surface area contributed by atoms with Crippen molar-refractivity contribution in [3.63, 3.8) is 0 Å². The molecule has 10 aromatic carbocycles. The van der Waals surface area contributed by atoms with Crippen LogP contribution < -0.4 is 4.90 Å². The summed E-state index contributed by atoms with van der Waals surface area (Å²) in [7, 11) is 0. The van der Waals surface area contributed by atoms with Crippen LogP contribution in [0.25, 0.3) is 88.3 Å². The number of hydrogen-bond donors (Lipinski definition) is 0.